The largest absolute Gasteiger partial charge is 0.399 e. The van der Waals surface area contributed by atoms with E-state index >= 15 is 0 Å². The standard InChI is InChI=1S/C15H19N3O3S/c16-13-6-8-14(9-7-13)22(20,21)17-10-2-4-12-18-11-3-1-5-15(18)19/h1,3,5-9,11,17H,2,4,10,12,16H2. The highest BCUT2D eigenvalue weighted by Gasteiger charge is 2.12. The lowest BCUT2D eigenvalue weighted by Crippen LogP contribution is -2.25. The van der Waals surface area contributed by atoms with Gasteiger partial charge in [0.1, 0.15) is 0 Å². The minimum absolute atomic E-state index is 0.0510. The molecule has 7 heteroatoms. The third-order valence-electron chi connectivity index (χ3n) is 3.21. The fourth-order valence-electron chi connectivity index (χ4n) is 1.99. The maximum Gasteiger partial charge on any atom is 0.250 e. The van der Waals surface area contributed by atoms with Crippen molar-refractivity contribution in [3.05, 3.63) is 59.0 Å². The molecule has 1 aromatic carbocycles. The molecule has 0 aliphatic carbocycles. The van der Waals surface area contributed by atoms with Crippen LogP contribution in [-0.4, -0.2) is 19.5 Å². The summed E-state index contributed by atoms with van der Waals surface area (Å²) >= 11 is 0. The zero-order chi connectivity index (χ0) is 16.0. The summed E-state index contributed by atoms with van der Waals surface area (Å²) in [6.45, 7) is 0.900. The van der Waals surface area contributed by atoms with Gasteiger partial charge >= 0.3 is 0 Å². The van der Waals surface area contributed by atoms with E-state index in [0.29, 0.717) is 31.6 Å². The van der Waals surface area contributed by atoms with E-state index in [1.807, 2.05) is 0 Å². The van der Waals surface area contributed by atoms with Gasteiger partial charge in [-0.15, -0.1) is 0 Å². The molecule has 0 aliphatic rings. The summed E-state index contributed by atoms with van der Waals surface area (Å²) in [5.41, 5.74) is 6.00. The quantitative estimate of drug-likeness (QED) is 0.591. The number of benzene rings is 1. The molecule has 0 amide bonds. The number of sulfonamides is 1. The van der Waals surface area contributed by atoms with Crippen molar-refractivity contribution in [3.8, 4) is 0 Å². The number of hydrogen-bond donors (Lipinski definition) is 2. The molecule has 22 heavy (non-hydrogen) atoms. The van der Waals surface area contributed by atoms with Crippen LogP contribution in [0, 0.1) is 0 Å². The summed E-state index contributed by atoms with van der Waals surface area (Å²) in [7, 11) is -3.50. The average Bonchev–Trinajstić information content (AvgIpc) is 2.49. The van der Waals surface area contributed by atoms with Crippen LogP contribution < -0.4 is 16.0 Å². The first-order valence-corrected chi connectivity index (χ1v) is 8.48. The van der Waals surface area contributed by atoms with Crippen molar-refractivity contribution in [2.24, 2.45) is 0 Å². The van der Waals surface area contributed by atoms with Gasteiger partial charge in [0.25, 0.3) is 0 Å². The number of nitrogens with two attached hydrogens (primary N) is 1. The Morgan fingerprint density at radius 3 is 2.45 bits per heavy atom. The monoisotopic (exact) mass is 321 g/mol. The van der Waals surface area contributed by atoms with Crippen molar-refractivity contribution in [2.75, 3.05) is 12.3 Å². The Kier molecular flexibility index (Phi) is 5.35. The molecule has 1 aromatic heterocycles. The second-order valence-electron chi connectivity index (χ2n) is 4.91. The molecule has 0 atom stereocenters. The molecule has 118 valence electrons. The number of pyridine rings is 1. The average molecular weight is 321 g/mol. The van der Waals surface area contributed by atoms with Crippen LogP contribution in [0.2, 0.25) is 0 Å². The van der Waals surface area contributed by atoms with Crippen LogP contribution in [0.1, 0.15) is 12.8 Å². The van der Waals surface area contributed by atoms with Crippen molar-refractivity contribution in [1.82, 2.24) is 9.29 Å². The normalized spacial score (nSPS) is 11.5. The van der Waals surface area contributed by atoms with Crippen molar-refractivity contribution in [2.45, 2.75) is 24.3 Å². The molecule has 0 saturated carbocycles. The molecule has 1 heterocycles. The summed E-state index contributed by atoms with van der Waals surface area (Å²) < 4.78 is 28.2. The predicted molar refractivity (Wildman–Crippen MR) is 86.0 cm³/mol. The Balaban J connectivity index is 1.80. The van der Waals surface area contributed by atoms with Crippen molar-refractivity contribution >= 4 is 15.7 Å². The molecule has 0 fully saturated rings. The van der Waals surface area contributed by atoms with E-state index in [1.165, 1.54) is 18.2 Å². The van der Waals surface area contributed by atoms with Gasteiger partial charge in [-0.2, -0.15) is 0 Å². The number of aromatic nitrogens is 1. The van der Waals surface area contributed by atoms with Crippen LogP contribution in [0.5, 0.6) is 0 Å². The van der Waals surface area contributed by atoms with Crippen LogP contribution in [0.15, 0.2) is 58.4 Å². The molecular formula is C15H19N3O3S. The Morgan fingerprint density at radius 2 is 1.77 bits per heavy atom. The maximum atomic E-state index is 12.0. The third-order valence-corrected chi connectivity index (χ3v) is 4.68. The van der Waals surface area contributed by atoms with E-state index in [-0.39, 0.29) is 10.5 Å². The highest BCUT2D eigenvalue weighted by Crippen LogP contribution is 2.11. The SMILES string of the molecule is Nc1ccc(S(=O)(=O)NCCCCn2ccccc2=O)cc1. The van der Waals surface area contributed by atoms with Gasteiger partial charge in [-0.3, -0.25) is 4.79 Å². The van der Waals surface area contributed by atoms with Gasteiger partial charge in [-0.1, -0.05) is 6.07 Å². The summed E-state index contributed by atoms with van der Waals surface area (Å²) in [5.74, 6) is 0. The molecular weight excluding hydrogens is 302 g/mol. The molecule has 2 aromatic rings. The summed E-state index contributed by atoms with van der Waals surface area (Å²) in [4.78, 5) is 11.7. The van der Waals surface area contributed by atoms with E-state index in [9.17, 15) is 13.2 Å². The molecule has 2 rings (SSSR count). The molecule has 0 unspecified atom stereocenters. The number of nitrogens with zero attached hydrogens (tertiary/aromatic N) is 1. The molecule has 3 N–H and O–H groups in total. The van der Waals surface area contributed by atoms with Gasteiger partial charge in [0, 0.05) is 31.0 Å². The number of anilines is 1. The van der Waals surface area contributed by atoms with E-state index in [4.69, 9.17) is 5.73 Å². The van der Waals surface area contributed by atoms with Crippen LogP contribution in [0.3, 0.4) is 0 Å². The molecule has 0 spiro atoms. The first-order valence-electron chi connectivity index (χ1n) is 7.00. The molecule has 6 nitrogen and oxygen atoms in total. The van der Waals surface area contributed by atoms with Gasteiger partial charge < -0.3 is 10.3 Å². The van der Waals surface area contributed by atoms with E-state index in [0.717, 1.165) is 0 Å². The van der Waals surface area contributed by atoms with Gasteiger partial charge in [-0.05, 0) is 43.2 Å². The van der Waals surface area contributed by atoms with Gasteiger partial charge in [0.2, 0.25) is 15.6 Å². The van der Waals surface area contributed by atoms with Crippen molar-refractivity contribution in [3.63, 3.8) is 0 Å². The number of unbranched alkanes of at least 4 members (excludes halogenated alkanes) is 1. The van der Waals surface area contributed by atoms with Crippen molar-refractivity contribution in [1.29, 1.82) is 0 Å². The Labute approximate surface area is 129 Å². The molecule has 0 radical (unpaired) electrons. The zero-order valence-corrected chi connectivity index (χ0v) is 12.9. The first-order chi connectivity index (χ1) is 10.5. The van der Waals surface area contributed by atoms with Crippen LogP contribution in [0.25, 0.3) is 0 Å². The van der Waals surface area contributed by atoms with E-state index in [1.54, 1.807) is 35.0 Å². The smallest absolute Gasteiger partial charge is 0.250 e. The number of aryl methyl sites for hydroxylation is 1. The van der Waals surface area contributed by atoms with Crippen LogP contribution >= 0.6 is 0 Å². The summed E-state index contributed by atoms with van der Waals surface area (Å²) in [6.07, 6.45) is 3.09. The maximum absolute atomic E-state index is 12.0. The highest BCUT2D eigenvalue weighted by molar-refractivity contribution is 7.89. The topological polar surface area (TPSA) is 94.2 Å². The predicted octanol–water partition coefficient (Wildman–Crippen LogP) is 1.19. The van der Waals surface area contributed by atoms with Crippen LogP contribution in [-0.2, 0) is 16.6 Å². The lowest BCUT2D eigenvalue weighted by molar-refractivity contribution is 0.562. The third kappa shape index (κ3) is 4.44. The minimum atomic E-state index is -3.50. The Bertz CT molecular complexity index is 767. The summed E-state index contributed by atoms with van der Waals surface area (Å²) in [5, 5.41) is 0. The number of rotatable bonds is 7. The van der Waals surface area contributed by atoms with Crippen molar-refractivity contribution < 1.29 is 8.42 Å². The first kappa shape index (κ1) is 16.3. The molecule has 0 aliphatic heterocycles. The van der Waals surface area contributed by atoms with Gasteiger partial charge in [-0.25, -0.2) is 13.1 Å². The zero-order valence-electron chi connectivity index (χ0n) is 12.1. The Morgan fingerprint density at radius 1 is 1.05 bits per heavy atom. The second kappa shape index (κ2) is 7.24. The number of hydrogen-bond acceptors (Lipinski definition) is 4. The second-order valence-corrected chi connectivity index (χ2v) is 6.67. The fourth-order valence-corrected chi connectivity index (χ4v) is 3.06. The van der Waals surface area contributed by atoms with E-state index < -0.39 is 10.0 Å². The van der Waals surface area contributed by atoms with E-state index in [2.05, 4.69) is 4.72 Å². The lowest BCUT2D eigenvalue weighted by atomic mass is 10.3. The van der Waals surface area contributed by atoms with Crippen LogP contribution in [0.4, 0.5) is 5.69 Å². The minimum Gasteiger partial charge on any atom is -0.399 e. The lowest BCUT2D eigenvalue weighted by Gasteiger charge is -2.08. The molecule has 0 saturated heterocycles. The van der Waals surface area contributed by atoms with Gasteiger partial charge in [0.05, 0.1) is 4.90 Å². The number of nitrogens with one attached hydrogen (secondary N) is 1. The fraction of sp³-hybridized carbons (Fsp3) is 0.267. The van der Waals surface area contributed by atoms with Gasteiger partial charge in [0.15, 0.2) is 0 Å². The Hall–Kier alpha value is -2.12. The summed E-state index contributed by atoms with van der Waals surface area (Å²) in [6, 6.07) is 11.0. The number of nitrogen functional groups attached to an aromatic ring is 1. The molecule has 0 bridgehead atoms. The highest BCUT2D eigenvalue weighted by atomic mass is 32.2.